The summed E-state index contributed by atoms with van der Waals surface area (Å²) in [5.74, 6) is -1.01. The van der Waals surface area contributed by atoms with Crippen LogP contribution in [0.25, 0.3) is 0 Å². The molecule has 1 fully saturated rings. The van der Waals surface area contributed by atoms with Crippen molar-refractivity contribution in [1.29, 1.82) is 0 Å². The van der Waals surface area contributed by atoms with Crippen molar-refractivity contribution in [2.45, 2.75) is 52.7 Å². The van der Waals surface area contributed by atoms with Crippen molar-refractivity contribution in [1.82, 2.24) is 5.32 Å². The highest BCUT2D eigenvalue weighted by Gasteiger charge is 2.41. The molecule has 0 aromatic carbocycles. The minimum Gasteiger partial charge on any atom is -0.481 e. The highest BCUT2D eigenvalue weighted by Crippen LogP contribution is 2.32. The molecular weight excluding hydrogens is 246 g/mol. The van der Waals surface area contributed by atoms with Gasteiger partial charge in [-0.2, -0.15) is 0 Å². The van der Waals surface area contributed by atoms with Crippen molar-refractivity contribution in [3.05, 3.63) is 0 Å². The van der Waals surface area contributed by atoms with Crippen LogP contribution in [0.1, 0.15) is 40.5 Å². The molecule has 5 nitrogen and oxygen atoms in total. The van der Waals surface area contributed by atoms with E-state index in [0.29, 0.717) is 19.4 Å². The smallest absolute Gasteiger partial charge is 0.306 e. The summed E-state index contributed by atoms with van der Waals surface area (Å²) in [5.41, 5.74) is 0. The van der Waals surface area contributed by atoms with E-state index in [0.717, 1.165) is 0 Å². The van der Waals surface area contributed by atoms with Crippen LogP contribution in [0.15, 0.2) is 0 Å². The van der Waals surface area contributed by atoms with Crippen LogP contribution in [-0.2, 0) is 14.3 Å². The Morgan fingerprint density at radius 1 is 1.26 bits per heavy atom. The highest BCUT2D eigenvalue weighted by molar-refractivity contribution is 5.79. The molecule has 0 spiro atoms. The fourth-order valence-electron chi connectivity index (χ4n) is 2.58. The predicted octanol–water partition coefficient (Wildman–Crippen LogP) is 1.66. The van der Waals surface area contributed by atoms with Gasteiger partial charge >= 0.3 is 5.97 Å². The Morgan fingerprint density at radius 2 is 1.89 bits per heavy atom. The van der Waals surface area contributed by atoms with Gasteiger partial charge < -0.3 is 15.2 Å². The zero-order valence-corrected chi connectivity index (χ0v) is 12.2. The lowest BCUT2D eigenvalue weighted by Crippen LogP contribution is -2.37. The molecule has 2 N–H and O–H groups in total. The van der Waals surface area contributed by atoms with Gasteiger partial charge in [0, 0.05) is 6.54 Å². The first-order chi connectivity index (χ1) is 8.84. The third kappa shape index (κ3) is 4.20. The van der Waals surface area contributed by atoms with Crippen LogP contribution in [0.4, 0.5) is 0 Å². The SMILES string of the molecule is CC(CCCNC(=O)C1C(C)OC(C)C1C)C(=O)O. The molecule has 0 aliphatic carbocycles. The zero-order valence-electron chi connectivity index (χ0n) is 12.2. The van der Waals surface area contributed by atoms with E-state index < -0.39 is 5.97 Å². The number of hydrogen-bond donors (Lipinski definition) is 2. The molecule has 1 heterocycles. The van der Waals surface area contributed by atoms with E-state index in [9.17, 15) is 9.59 Å². The van der Waals surface area contributed by atoms with E-state index in [2.05, 4.69) is 5.32 Å². The predicted molar refractivity (Wildman–Crippen MR) is 71.7 cm³/mol. The second-order valence-electron chi connectivity index (χ2n) is 5.60. The summed E-state index contributed by atoms with van der Waals surface area (Å²) in [6, 6.07) is 0. The molecule has 5 atom stereocenters. The fourth-order valence-corrected chi connectivity index (χ4v) is 2.58. The number of carboxylic acids is 1. The number of hydrogen-bond acceptors (Lipinski definition) is 3. The van der Waals surface area contributed by atoms with E-state index in [4.69, 9.17) is 9.84 Å². The number of carboxylic acid groups (broad SMARTS) is 1. The molecule has 0 aromatic heterocycles. The molecule has 19 heavy (non-hydrogen) atoms. The van der Waals surface area contributed by atoms with Crippen molar-refractivity contribution in [3.8, 4) is 0 Å². The third-order valence-electron chi connectivity index (χ3n) is 4.08. The number of carbonyl (C=O) groups excluding carboxylic acids is 1. The average molecular weight is 271 g/mol. The van der Waals surface area contributed by atoms with Gasteiger partial charge in [0.15, 0.2) is 0 Å². The normalized spacial score (nSPS) is 32.0. The number of ether oxygens (including phenoxy) is 1. The Morgan fingerprint density at radius 3 is 2.37 bits per heavy atom. The summed E-state index contributed by atoms with van der Waals surface area (Å²) in [5, 5.41) is 11.6. The summed E-state index contributed by atoms with van der Waals surface area (Å²) in [6.45, 7) is 8.16. The summed E-state index contributed by atoms with van der Waals surface area (Å²) >= 11 is 0. The van der Waals surface area contributed by atoms with Crippen LogP contribution < -0.4 is 5.32 Å². The standard InChI is InChI=1S/C14H25NO4/c1-8(14(17)18)6-5-7-15-13(16)12-9(2)10(3)19-11(12)4/h8-12H,5-7H2,1-4H3,(H,15,16)(H,17,18). The summed E-state index contributed by atoms with van der Waals surface area (Å²) < 4.78 is 5.64. The average Bonchev–Trinajstić information content (AvgIpc) is 2.58. The van der Waals surface area contributed by atoms with Crippen molar-refractivity contribution >= 4 is 11.9 Å². The molecule has 0 aromatic rings. The second-order valence-corrected chi connectivity index (χ2v) is 5.60. The lowest BCUT2D eigenvalue weighted by Gasteiger charge is -2.18. The molecule has 1 amide bonds. The first kappa shape index (κ1) is 16.0. The Balaban J connectivity index is 2.30. The van der Waals surface area contributed by atoms with Gasteiger partial charge in [0.25, 0.3) is 0 Å². The minimum atomic E-state index is -0.786. The van der Waals surface area contributed by atoms with Gasteiger partial charge in [-0.25, -0.2) is 0 Å². The molecule has 1 saturated heterocycles. The van der Waals surface area contributed by atoms with E-state index in [1.807, 2.05) is 20.8 Å². The molecular formula is C14H25NO4. The molecule has 1 aliphatic rings. The van der Waals surface area contributed by atoms with Crippen LogP contribution >= 0.6 is 0 Å². The largest absolute Gasteiger partial charge is 0.481 e. The van der Waals surface area contributed by atoms with Crippen LogP contribution in [-0.4, -0.2) is 35.7 Å². The van der Waals surface area contributed by atoms with Crippen LogP contribution in [0, 0.1) is 17.8 Å². The van der Waals surface area contributed by atoms with Gasteiger partial charge in [0.2, 0.25) is 5.91 Å². The van der Waals surface area contributed by atoms with Gasteiger partial charge in [-0.3, -0.25) is 9.59 Å². The van der Waals surface area contributed by atoms with Crippen LogP contribution in [0.5, 0.6) is 0 Å². The van der Waals surface area contributed by atoms with Gasteiger partial charge in [-0.1, -0.05) is 13.8 Å². The minimum absolute atomic E-state index is 0.0207. The first-order valence-corrected chi connectivity index (χ1v) is 7.00. The summed E-state index contributed by atoms with van der Waals surface area (Å²) in [7, 11) is 0. The van der Waals surface area contributed by atoms with E-state index in [1.165, 1.54) is 0 Å². The van der Waals surface area contributed by atoms with Crippen molar-refractivity contribution in [2.75, 3.05) is 6.54 Å². The van der Waals surface area contributed by atoms with Gasteiger partial charge in [-0.15, -0.1) is 0 Å². The van der Waals surface area contributed by atoms with E-state index >= 15 is 0 Å². The Labute approximate surface area is 114 Å². The number of carbonyl (C=O) groups is 2. The van der Waals surface area contributed by atoms with Crippen molar-refractivity contribution in [3.63, 3.8) is 0 Å². The molecule has 0 bridgehead atoms. The van der Waals surface area contributed by atoms with Crippen LogP contribution in [0.2, 0.25) is 0 Å². The highest BCUT2D eigenvalue weighted by atomic mass is 16.5. The van der Waals surface area contributed by atoms with Gasteiger partial charge in [-0.05, 0) is 32.6 Å². The Bertz CT molecular complexity index is 331. The van der Waals surface area contributed by atoms with Crippen molar-refractivity contribution < 1.29 is 19.4 Å². The molecule has 0 radical (unpaired) electrons. The number of amides is 1. The van der Waals surface area contributed by atoms with Crippen LogP contribution in [0.3, 0.4) is 0 Å². The lowest BCUT2D eigenvalue weighted by molar-refractivity contribution is -0.141. The number of aliphatic carboxylic acids is 1. The lowest BCUT2D eigenvalue weighted by atomic mass is 9.89. The number of rotatable bonds is 6. The third-order valence-corrected chi connectivity index (χ3v) is 4.08. The fraction of sp³-hybridized carbons (Fsp3) is 0.857. The molecule has 1 rings (SSSR count). The topological polar surface area (TPSA) is 75.6 Å². The molecule has 5 unspecified atom stereocenters. The Kier molecular flexibility index (Phi) is 5.79. The van der Waals surface area contributed by atoms with Crippen molar-refractivity contribution in [2.24, 2.45) is 17.8 Å². The molecule has 0 saturated carbocycles. The quantitative estimate of drug-likeness (QED) is 0.720. The molecule has 110 valence electrons. The van der Waals surface area contributed by atoms with Gasteiger partial charge in [0.1, 0.15) is 0 Å². The molecule has 1 aliphatic heterocycles. The summed E-state index contributed by atoms with van der Waals surface area (Å²) in [6.07, 6.45) is 1.32. The van der Waals surface area contributed by atoms with E-state index in [1.54, 1.807) is 6.92 Å². The second kappa shape index (κ2) is 6.89. The summed E-state index contributed by atoms with van der Waals surface area (Å²) in [4.78, 5) is 22.7. The maximum Gasteiger partial charge on any atom is 0.306 e. The maximum absolute atomic E-state index is 12.1. The monoisotopic (exact) mass is 271 g/mol. The maximum atomic E-state index is 12.1. The zero-order chi connectivity index (χ0) is 14.6. The molecule has 5 heteroatoms. The van der Waals surface area contributed by atoms with Gasteiger partial charge in [0.05, 0.1) is 24.0 Å². The Hall–Kier alpha value is -1.10. The van der Waals surface area contributed by atoms with E-state index in [-0.39, 0.29) is 35.9 Å². The first-order valence-electron chi connectivity index (χ1n) is 7.00. The number of nitrogens with one attached hydrogen (secondary N) is 1.